The standard InChI is InChI=1S/C12H24N2O2S/c1-10(11(9-15)17-2)13-12(16)5-8-14-6-3-4-7-14/h10-11,15H,3-9H2,1-2H3,(H,13,16). The van der Waals surface area contributed by atoms with E-state index < -0.39 is 0 Å². The van der Waals surface area contributed by atoms with Crippen LogP contribution in [0, 0.1) is 0 Å². The van der Waals surface area contributed by atoms with Crippen LogP contribution in [0.25, 0.3) is 0 Å². The van der Waals surface area contributed by atoms with Crippen LogP contribution in [0.2, 0.25) is 0 Å². The van der Waals surface area contributed by atoms with Gasteiger partial charge < -0.3 is 15.3 Å². The molecule has 1 aliphatic heterocycles. The number of hydrogen-bond donors (Lipinski definition) is 2. The van der Waals surface area contributed by atoms with Crippen molar-refractivity contribution < 1.29 is 9.90 Å². The number of rotatable bonds is 7. The van der Waals surface area contributed by atoms with Crippen molar-refractivity contribution in [2.75, 3.05) is 32.5 Å². The van der Waals surface area contributed by atoms with Gasteiger partial charge in [0.1, 0.15) is 0 Å². The van der Waals surface area contributed by atoms with Crippen molar-refractivity contribution in [3.05, 3.63) is 0 Å². The molecule has 4 nitrogen and oxygen atoms in total. The molecular formula is C12H24N2O2S. The van der Waals surface area contributed by atoms with Crippen molar-refractivity contribution in [2.24, 2.45) is 0 Å². The third-order valence-electron chi connectivity index (χ3n) is 3.28. The summed E-state index contributed by atoms with van der Waals surface area (Å²) in [6.45, 7) is 5.18. The molecule has 1 rings (SSSR count). The Hall–Kier alpha value is -0.260. The Bertz CT molecular complexity index is 229. The third-order valence-corrected chi connectivity index (χ3v) is 4.45. The molecule has 1 aliphatic rings. The zero-order chi connectivity index (χ0) is 12.7. The van der Waals surface area contributed by atoms with Gasteiger partial charge in [-0.3, -0.25) is 4.79 Å². The molecule has 0 aromatic rings. The molecule has 1 saturated heterocycles. The molecule has 1 heterocycles. The summed E-state index contributed by atoms with van der Waals surface area (Å²) in [5.74, 6) is 0.0944. The monoisotopic (exact) mass is 260 g/mol. The summed E-state index contributed by atoms with van der Waals surface area (Å²) in [6, 6.07) is 0.0288. The van der Waals surface area contributed by atoms with Crippen LogP contribution < -0.4 is 5.32 Å². The Balaban J connectivity index is 2.18. The number of likely N-dealkylation sites (tertiary alicyclic amines) is 1. The summed E-state index contributed by atoms with van der Waals surface area (Å²) >= 11 is 1.59. The molecule has 0 spiro atoms. The molecule has 0 aromatic heterocycles. The molecule has 0 saturated carbocycles. The quantitative estimate of drug-likeness (QED) is 0.707. The van der Waals surface area contributed by atoms with E-state index in [9.17, 15) is 4.79 Å². The van der Waals surface area contributed by atoms with Gasteiger partial charge in [0.15, 0.2) is 0 Å². The number of thioether (sulfide) groups is 1. The van der Waals surface area contributed by atoms with E-state index in [4.69, 9.17) is 5.11 Å². The Morgan fingerprint density at radius 1 is 1.47 bits per heavy atom. The normalized spacial score (nSPS) is 20.2. The van der Waals surface area contributed by atoms with Gasteiger partial charge in [-0.1, -0.05) is 0 Å². The number of hydrogen-bond acceptors (Lipinski definition) is 4. The highest BCUT2D eigenvalue weighted by atomic mass is 32.2. The minimum absolute atomic E-state index is 0.0288. The van der Waals surface area contributed by atoms with Gasteiger partial charge in [0.2, 0.25) is 5.91 Å². The second-order valence-electron chi connectivity index (χ2n) is 4.61. The number of amides is 1. The number of aliphatic hydroxyl groups excluding tert-OH is 1. The molecule has 17 heavy (non-hydrogen) atoms. The fourth-order valence-electron chi connectivity index (χ4n) is 2.12. The Morgan fingerprint density at radius 3 is 2.65 bits per heavy atom. The van der Waals surface area contributed by atoms with Crippen LogP contribution in [-0.4, -0.2) is 59.7 Å². The SMILES string of the molecule is CSC(CO)C(C)NC(=O)CCN1CCCC1. The molecule has 5 heteroatoms. The highest BCUT2D eigenvalue weighted by molar-refractivity contribution is 7.99. The molecule has 0 bridgehead atoms. The van der Waals surface area contributed by atoms with E-state index in [-0.39, 0.29) is 23.8 Å². The van der Waals surface area contributed by atoms with Crippen LogP contribution in [0.5, 0.6) is 0 Å². The van der Waals surface area contributed by atoms with Crippen molar-refractivity contribution >= 4 is 17.7 Å². The van der Waals surface area contributed by atoms with E-state index in [0.29, 0.717) is 6.42 Å². The van der Waals surface area contributed by atoms with Crippen LogP contribution in [0.4, 0.5) is 0 Å². The number of nitrogens with one attached hydrogen (secondary N) is 1. The zero-order valence-electron chi connectivity index (χ0n) is 10.8. The lowest BCUT2D eigenvalue weighted by Crippen LogP contribution is -2.42. The van der Waals surface area contributed by atoms with E-state index in [1.54, 1.807) is 11.8 Å². The van der Waals surface area contributed by atoms with Crippen molar-refractivity contribution in [1.29, 1.82) is 0 Å². The van der Waals surface area contributed by atoms with Gasteiger partial charge in [-0.15, -0.1) is 0 Å². The molecule has 0 aliphatic carbocycles. The largest absolute Gasteiger partial charge is 0.395 e. The first-order chi connectivity index (χ1) is 8.17. The van der Waals surface area contributed by atoms with E-state index >= 15 is 0 Å². The van der Waals surface area contributed by atoms with Crippen LogP contribution in [0.15, 0.2) is 0 Å². The average molecular weight is 260 g/mol. The maximum atomic E-state index is 11.7. The van der Waals surface area contributed by atoms with Gasteiger partial charge in [0.05, 0.1) is 6.61 Å². The van der Waals surface area contributed by atoms with E-state index in [2.05, 4.69) is 10.2 Å². The minimum atomic E-state index is 0.0288. The van der Waals surface area contributed by atoms with Crippen LogP contribution in [0.3, 0.4) is 0 Å². The lowest BCUT2D eigenvalue weighted by molar-refractivity contribution is -0.122. The summed E-state index contributed by atoms with van der Waals surface area (Å²) in [6.07, 6.45) is 5.04. The molecule has 0 radical (unpaired) electrons. The van der Waals surface area contributed by atoms with E-state index in [0.717, 1.165) is 19.6 Å². The summed E-state index contributed by atoms with van der Waals surface area (Å²) < 4.78 is 0. The first kappa shape index (κ1) is 14.8. The second kappa shape index (κ2) is 7.95. The number of aliphatic hydroxyl groups is 1. The van der Waals surface area contributed by atoms with Gasteiger partial charge in [-0.2, -0.15) is 11.8 Å². The predicted octanol–water partition coefficient (Wildman–Crippen LogP) is 0.701. The highest BCUT2D eigenvalue weighted by Gasteiger charge is 2.18. The lowest BCUT2D eigenvalue weighted by Gasteiger charge is -2.22. The summed E-state index contributed by atoms with van der Waals surface area (Å²) in [7, 11) is 0. The first-order valence-corrected chi connectivity index (χ1v) is 7.61. The zero-order valence-corrected chi connectivity index (χ0v) is 11.6. The molecule has 0 aromatic carbocycles. The maximum Gasteiger partial charge on any atom is 0.221 e. The van der Waals surface area contributed by atoms with Gasteiger partial charge >= 0.3 is 0 Å². The average Bonchev–Trinajstić information content (AvgIpc) is 2.81. The van der Waals surface area contributed by atoms with E-state index in [1.807, 2.05) is 13.2 Å². The fourth-order valence-corrected chi connectivity index (χ4v) is 2.75. The van der Waals surface area contributed by atoms with Gasteiger partial charge in [-0.25, -0.2) is 0 Å². The Labute approximate surface area is 108 Å². The molecule has 100 valence electrons. The topological polar surface area (TPSA) is 52.6 Å². The summed E-state index contributed by atoms with van der Waals surface area (Å²) in [5, 5.41) is 12.2. The van der Waals surface area contributed by atoms with Gasteiger partial charge in [-0.05, 0) is 39.1 Å². The van der Waals surface area contributed by atoms with Crippen molar-refractivity contribution in [3.8, 4) is 0 Å². The predicted molar refractivity (Wildman–Crippen MR) is 72.3 cm³/mol. The Kier molecular flexibility index (Phi) is 6.92. The lowest BCUT2D eigenvalue weighted by atomic mass is 10.2. The van der Waals surface area contributed by atoms with Gasteiger partial charge in [0, 0.05) is 24.3 Å². The number of carbonyl (C=O) groups is 1. The number of nitrogens with zero attached hydrogens (tertiary/aromatic N) is 1. The van der Waals surface area contributed by atoms with Gasteiger partial charge in [0.25, 0.3) is 0 Å². The van der Waals surface area contributed by atoms with Crippen molar-refractivity contribution in [2.45, 2.75) is 37.5 Å². The second-order valence-corrected chi connectivity index (χ2v) is 5.69. The molecule has 2 unspecified atom stereocenters. The number of carbonyl (C=O) groups excluding carboxylic acids is 1. The van der Waals surface area contributed by atoms with Crippen LogP contribution >= 0.6 is 11.8 Å². The Morgan fingerprint density at radius 2 is 2.12 bits per heavy atom. The van der Waals surface area contributed by atoms with Crippen molar-refractivity contribution in [3.63, 3.8) is 0 Å². The third kappa shape index (κ3) is 5.27. The highest BCUT2D eigenvalue weighted by Crippen LogP contribution is 2.11. The van der Waals surface area contributed by atoms with Crippen molar-refractivity contribution in [1.82, 2.24) is 10.2 Å². The minimum Gasteiger partial charge on any atom is -0.395 e. The molecule has 1 fully saturated rings. The first-order valence-electron chi connectivity index (χ1n) is 6.32. The molecular weight excluding hydrogens is 236 g/mol. The summed E-state index contributed by atoms with van der Waals surface area (Å²) in [4.78, 5) is 14.1. The molecule has 2 N–H and O–H groups in total. The molecule has 1 amide bonds. The maximum absolute atomic E-state index is 11.7. The summed E-state index contributed by atoms with van der Waals surface area (Å²) in [5.41, 5.74) is 0. The van der Waals surface area contributed by atoms with Crippen LogP contribution in [-0.2, 0) is 4.79 Å². The fraction of sp³-hybridized carbons (Fsp3) is 0.917. The van der Waals surface area contributed by atoms with Crippen LogP contribution in [0.1, 0.15) is 26.2 Å². The molecule has 2 atom stereocenters. The smallest absolute Gasteiger partial charge is 0.221 e. The van der Waals surface area contributed by atoms with E-state index in [1.165, 1.54) is 12.8 Å².